The minimum absolute atomic E-state index is 0.114. The number of piperidine rings is 1. The van der Waals surface area contributed by atoms with E-state index < -0.39 is 0 Å². The van der Waals surface area contributed by atoms with Crippen LogP contribution in [0.25, 0.3) is 0 Å². The minimum atomic E-state index is -0.153. The molecule has 6 nitrogen and oxygen atoms in total. The molecule has 162 valence electrons. The largest absolute Gasteiger partial charge is 0.496 e. The summed E-state index contributed by atoms with van der Waals surface area (Å²) in [5, 5.41) is 13.5. The van der Waals surface area contributed by atoms with E-state index in [0.717, 1.165) is 56.8 Å². The first-order valence-corrected chi connectivity index (χ1v) is 12.0. The van der Waals surface area contributed by atoms with E-state index in [2.05, 4.69) is 27.3 Å². The van der Waals surface area contributed by atoms with Crippen LogP contribution in [0.2, 0.25) is 0 Å². The van der Waals surface area contributed by atoms with Gasteiger partial charge >= 0.3 is 0 Å². The van der Waals surface area contributed by atoms with Crippen LogP contribution in [0.4, 0.5) is 0 Å². The molecule has 1 saturated carbocycles. The van der Waals surface area contributed by atoms with Crippen LogP contribution in [0.1, 0.15) is 58.8 Å². The number of carbonyl (C=O) groups is 1. The molecule has 2 aliphatic rings. The molecule has 2 fully saturated rings. The van der Waals surface area contributed by atoms with E-state index in [1.807, 2.05) is 30.5 Å². The molecule has 0 spiro atoms. The van der Waals surface area contributed by atoms with Crippen LogP contribution >= 0.6 is 11.8 Å². The van der Waals surface area contributed by atoms with Gasteiger partial charge in [-0.1, -0.05) is 18.2 Å². The molecule has 7 heteroatoms. The van der Waals surface area contributed by atoms with Crippen molar-refractivity contribution in [1.29, 1.82) is 5.26 Å². The lowest BCUT2D eigenvalue weighted by Crippen LogP contribution is -2.44. The Balaban J connectivity index is 1.39. The van der Waals surface area contributed by atoms with Crippen molar-refractivity contribution in [2.75, 3.05) is 26.5 Å². The number of carbonyl (C=O) groups excluding carboxylic acids is 1. The fourth-order valence-corrected chi connectivity index (χ4v) is 4.69. The van der Waals surface area contributed by atoms with Gasteiger partial charge in [-0.05, 0) is 44.1 Å². The highest BCUT2D eigenvalue weighted by molar-refractivity contribution is 7.98. The molecule has 2 heterocycles. The molecule has 0 bridgehead atoms. The van der Waals surface area contributed by atoms with Crippen LogP contribution < -0.4 is 10.1 Å². The van der Waals surface area contributed by atoms with Crippen molar-refractivity contribution >= 4 is 17.7 Å². The van der Waals surface area contributed by atoms with Gasteiger partial charge in [-0.15, -0.1) is 11.8 Å². The molecule has 1 aromatic heterocycles. The second kappa shape index (κ2) is 9.71. The van der Waals surface area contributed by atoms with Gasteiger partial charge in [0.05, 0.1) is 18.2 Å². The molecule has 31 heavy (non-hydrogen) atoms. The molecule has 1 N–H and O–H groups in total. The van der Waals surface area contributed by atoms with Crippen LogP contribution in [0.5, 0.6) is 5.75 Å². The third-order valence-corrected chi connectivity index (χ3v) is 6.74. The number of benzene rings is 1. The lowest BCUT2D eigenvalue weighted by molar-refractivity contribution is 0.0908. The molecular weight excluding hydrogens is 408 g/mol. The number of nitrogens with zero attached hydrogens (tertiary/aromatic N) is 3. The van der Waals surface area contributed by atoms with Crippen molar-refractivity contribution in [3.8, 4) is 11.8 Å². The predicted octanol–water partition coefficient (Wildman–Crippen LogP) is 3.96. The first-order valence-electron chi connectivity index (χ1n) is 10.8. The third kappa shape index (κ3) is 5.03. The maximum atomic E-state index is 13.1. The van der Waals surface area contributed by atoms with Gasteiger partial charge in [-0.2, -0.15) is 5.26 Å². The molecule has 2 aromatic rings. The minimum Gasteiger partial charge on any atom is -0.496 e. The number of hydrogen-bond donors (Lipinski definition) is 1. The first-order chi connectivity index (χ1) is 15.1. The Morgan fingerprint density at radius 2 is 2.03 bits per heavy atom. The smallest absolute Gasteiger partial charge is 0.253 e. The third-order valence-electron chi connectivity index (χ3n) is 6.06. The molecule has 1 amide bonds. The lowest BCUT2D eigenvalue weighted by atomic mass is 10.0. The van der Waals surface area contributed by atoms with Crippen molar-refractivity contribution in [3.05, 3.63) is 52.7 Å². The standard InChI is InChI=1S/C24H28N4O2S/c1-30-22-6-4-3-5-17(22)15-28-11-9-18(10-12-28)26-23(29)19-13-21(16-7-8-16)27-24(31-2)20(19)14-25/h3-6,13,16,18H,7-12,15H2,1-2H3,(H,26,29). The molecule has 4 rings (SSSR count). The van der Waals surface area contributed by atoms with E-state index in [4.69, 9.17) is 4.74 Å². The van der Waals surface area contributed by atoms with E-state index in [0.29, 0.717) is 22.1 Å². The fourth-order valence-electron chi connectivity index (χ4n) is 4.14. The van der Waals surface area contributed by atoms with Gasteiger partial charge in [0.15, 0.2) is 0 Å². The maximum absolute atomic E-state index is 13.1. The van der Waals surface area contributed by atoms with Crippen molar-refractivity contribution < 1.29 is 9.53 Å². The molecule has 0 unspecified atom stereocenters. The summed E-state index contributed by atoms with van der Waals surface area (Å²) >= 11 is 1.43. The van der Waals surface area contributed by atoms with Gasteiger partial charge in [0.25, 0.3) is 5.91 Å². The number of amides is 1. The van der Waals surface area contributed by atoms with Crippen LogP contribution in [-0.2, 0) is 6.54 Å². The molecule has 0 atom stereocenters. The molecule has 1 aliphatic carbocycles. The van der Waals surface area contributed by atoms with Crippen LogP contribution in [-0.4, -0.2) is 48.3 Å². The predicted molar refractivity (Wildman–Crippen MR) is 121 cm³/mol. The van der Waals surface area contributed by atoms with Crippen molar-refractivity contribution in [2.45, 2.75) is 49.2 Å². The zero-order valence-electron chi connectivity index (χ0n) is 18.1. The average molecular weight is 437 g/mol. The van der Waals surface area contributed by atoms with Crippen molar-refractivity contribution in [3.63, 3.8) is 0 Å². The Morgan fingerprint density at radius 3 is 2.68 bits per heavy atom. The number of hydrogen-bond acceptors (Lipinski definition) is 6. The SMILES string of the molecule is COc1ccccc1CN1CCC(NC(=O)c2cc(C3CC3)nc(SC)c2C#N)CC1. The quantitative estimate of drug-likeness (QED) is 0.662. The Bertz CT molecular complexity index is 992. The topological polar surface area (TPSA) is 78.2 Å². The number of pyridine rings is 1. The molecule has 1 saturated heterocycles. The van der Waals surface area contributed by atoms with Gasteiger partial charge in [-0.25, -0.2) is 4.98 Å². The summed E-state index contributed by atoms with van der Waals surface area (Å²) in [5.41, 5.74) is 2.99. The zero-order chi connectivity index (χ0) is 21.8. The summed E-state index contributed by atoms with van der Waals surface area (Å²) in [5.74, 6) is 1.19. The lowest BCUT2D eigenvalue weighted by Gasteiger charge is -2.32. The van der Waals surface area contributed by atoms with Crippen LogP contribution in [0.3, 0.4) is 0 Å². The Hall–Kier alpha value is -2.56. The van der Waals surface area contributed by atoms with Gasteiger partial charge < -0.3 is 10.1 Å². The second-order valence-corrected chi connectivity index (χ2v) is 9.00. The highest BCUT2D eigenvalue weighted by Crippen LogP contribution is 2.40. The van der Waals surface area contributed by atoms with E-state index in [9.17, 15) is 10.1 Å². The Labute approximate surface area is 188 Å². The number of aromatic nitrogens is 1. The first kappa shape index (κ1) is 21.7. The van der Waals surface area contributed by atoms with Gasteiger partial charge in [0.2, 0.25) is 0 Å². The summed E-state index contributed by atoms with van der Waals surface area (Å²) in [7, 11) is 1.70. The molecular formula is C24H28N4O2S. The van der Waals surface area contributed by atoms with E-state index in [1.54, 1.807) is 7.11 Å². The average Bonchev–Trinajstić information content (AvgIpc) is 3.65. The number of ether oxygens (including phenoxy) is 1. The monoisotopic (exact) mass is 436 g/mol. The number of likely N-dealkylation sites (tertiary alicyclic amines) is 1. The summed E-state index contributed by atoms with van der Waals surface area (Å²) in [6.45, 7) is 2.66. The fraction of sp³-hybridized carbons (Fsp3) is 0.458. The number of thioether (sulfide) groups is 1. The van der Waals surface area contributed by atoms with Crippen molar-refractivity contribution in [1.82, 2.24) is 15.2 Å². The molecule has 1 aliphatic heterocycles. The van der Waals surface area contributed by atoms with Gasteiger partial charge in [0.1, 0.15) is 16.8 Å². The number of nitrogens with one attached hydrogen (secondary N) is 1. The van der Waals surface area contributed by atoms with Gasteiger partial charge in [-0.3, -0.25) is 9.69 Å². The summed E-state index contributed by atoms with van der Waals surface area (Å²) in [4.78, 5) is 20.1. The highest BCUT2D eigenvalue weighted by Gasteiger charge is 2.29. The summed E-state index contributed by atoms with van der Waals surface area (Å²) < 4.78 is 5.46. The number of methoxy groups -OCH3 is 1. The highest BCUT2D eigenvalue weighted by atomic mass is 32.2. The van der Waals surface area contributed by atoms with Gasteiger partial charge in [0, 0.05) is 42.9 Å². The van der Waals surface area contributed by atoms with E-state index in [-0.39, 0.29) is 11.9 Å². The van der Waals surface area contributed by atoms with Crippen LogP contribution in [0.15, 0.2) is 35.4 Å². The number of para-hydroxylation sites is 1. The van der Waals surface area contributed by atoms with Crippen LogP contribution in [0, 0.1) is 11.3 Å². The maximum Gasteiger partial charge on any atom is 0.253 e. The molecule has 1 aromatic carbocycles. The van der Waals surface area contributed by atoms with E-state index in [1.165, 1.54) is 17.3 Å². The van der Waals surface area contributed by atoms with Crippen molar-refractivity contribution in [2.24, 2.45) is 0 Å². The number of nitriles is 1. The Morgan fingerprint density at radius 1 is 1.29 bits per heavy atom. The zero-order valence-corrected chi connectivity index (χ0v) is 18.9. The second-order valence-electron chi connectivity index (χ2n) is 8.20. The normalized spacial score (nSPS) is 17.2. The summed E-state index contributed by atoms with van der Waals surface area (Å²) in [6.07, 6.45) is 5.90. The molecule has 0 radical (unpaired) electrons. The summed E-state index contributed by atoms with van der Waals surface area (Å²) in [6, 6.07) is 12.3. The van der Waals surface area contributed by atoms with E-state index >= 15 is 0 Å². The number of rotatable bonds is 7. The Kier molecular flexibility index (Phi) is 6.79.